The number of hydrogen-bond donors (Lipinski definition) is 0. The van der Waals surface area contributed by atoms with Crippen LogP contribution in [0, 0.1) is 0 Å². The average molecular weight is 301 g/mol. The van der Waals surface area contributed by atoms with Crippen molar-refractivity contribution in [3.05, 3.63) is 65.8 Å². The molecule has 0 saturated heterocycles. The molecule has 0 aliphatic carbocycles. The fraction of sp³-hybridized carbons (Fsp3) is 0.0625. The van der Waals surface area contributed by atoms with Crippen molar-refractivity contribution < 1.29 is 0 Å². The lowest BCUT2D eigenvalue weighted by Gasteiger charge is -2.22. The summed E-state index contributed by atoms with van der Waals surface area (Å²) in [6.07, 6.45) is 5.51. The predicted molar refractivity (Wildman–Crippen MR) is 88.3 cm³/mol. The van der Waals surface area contributed by atoms with Crippen LogP contribution in [-0.4, -0.2) is 11.5 Å². The molecule has 100 valence electrons. The summed E-state index contributed by atoms with van der Waals surface area (Å²) in [5.41, 5.74) is 2.28. The largest absolute Gasteiger partial charge is 0.336 e. The maximum atomic E-state index is 6.05. The molecular weight excluding hydrogens is 288 g/mol. The van der Waals surface area contributed by atoms with E-state index in [0.29, 0.717) is 0 Å². The van der Waals surface area contributed by atoms with Gasteiger partial charge >= 0.3 is 0 Å². The summed E-state index contributed by atoms with van der Waals surface area (Å²) in [7, 11) is 0. The van der Waals surface area contributed by atoms with E-state index in [0.717, 1.165) is 17.3 Å². The van der Waals surface area contributed by atoms with Crippen LogP contribution < -0.4 is 4.90 Å². The van der Waals surface area contributed by atoms with E-state index >= 15 is 0 Å². The Morgan fingerprint density at radius 3 is 2.80 bits per heavy atom. The molecule has 3 rings (SSSR count). The van der Waals surface area contributed by atoms with Gasteiger partial charge in [-0.2, -0.15) is 0 Å². The van der Waals surface area contributed by atoms with E-state index in [1.807, 2.05) is 30.3 Å². The van der Waals surface area contributed by atoms with E-state index in [1.54, 1.807) is 23.7 Å². The van der Waals surface area contributed by atoms with Crippen LogP contribution in [0.2, 0.25) is 5.02 Å². The number of fused-ring (bicyclic) bond motifs is 1. The number of pyridine rings is 1. The Hall–Kier alpha value is -1.84. The fourth-order valence-electron chi connectivity index (χ4n) is 2.19. The van der Waals surface area contributed by atoms with Crippen molar-refractivity contribution in [3.8, 4) is 0 Å². The molecule has 2 heterocycles. The predicted octanol–water partition coefficient (Wildman–Crippen LogP) is 5.27. The van der Waals surface area contributed by atoms with Crippen LogP contribution in [0.3, 0.4) is 0 Å². The highest BCUT2D eigenvalue weighted by molar-refractivity contribution is 7.17. The Morgan fingerprint density at radius 1 is 1.25 bits per heavy atom. The van der Waals surface area contributed by atoms with Crippen molar-refractivity contribution in [3.63, 3.8) is 0 Å². The second-order valence-corrected chi connectivity index (χ2v) is 5.71. The third kappa shape index (κ3) is 2.42. The Kier molecular flexibility index (Phi) is 3.72. The first-order valence-corrected chi connectivity index (χ1v) is 7.50. The van der Waals surface area contributed by atoms with Gasteiger partial charge in [-0.3, -0.25) is 4.98 Å². The number of benzene rings is 1. The first-order valence-electron chi connectivity index (χ1n) is 6.25. The fourth-order valence-corrected chi connectivity index (χ4v) is 3.42. The first kappa shape index (κ1) is 13.2. The summed E-state index contributed by atoms with van der Waals surface area (Å²) >= 11 is 7.76. The zero-order chi connectivity index (χ0) is 13.9. The summed E-state index contributed by atoms with van der Waals surface area (Å²) in [6.45, 7) is 4.60. The molecule has 0 bridgehead atoms. The molecule has 0 aliphatic rings. The summed E-state index contributed by atoms with van der Waals surface area (Å²) in [4.78, 5) is 6.30. The summed E-state index contributed by atoms with van der Waals surface area (Å²) in [5.74, 6) is 0. The Labute approximate surface area is 126 Å². The minimum absolute atomic E-state index is 0.748. The quantitative estimate of drug-likeness (QED) is 0.610. The van der Waals surface area contributed by atoms with Gasteiger partial charge in [0.15, 0.2) is 0 Å². The van der Waals surface area contributed by atoms with E-state index in [-0.39, 0.29) is 0 Å². The van der Waals surface area contributed by atoms with Gasteiger partial charge < -0.3 is 4.90 Å². The maximum absolute atomic E-state index is 6.05. The van der Waals surface area contributed by atoms with Crippen LogP contribution in [0.4, 0.5) is 11.4 Å². The molecule has 0 amide bonds. The van der Waals surface area contributed by atoms with Crippen LogP contribution >= 0.6 is 22.9 Å². The summed E-state index contributed by atoms with van der Waals surface area (Å²) in [5, 5.41) is 4.13. The Bertz CT molecular complexity index is 737. The van der Waals surface area contributed by atoms with Gasteiger partial charge in [0.2, 0.25) is 0 Å². The van der Waals surface area contributed by atoms with Crippen molar-refractivity contribution >= 4 is 44.4 Å². The molecule has 4 heteroatoms. The van der Waals surface area contributed by atoms with Crippen LogP contribution in [0.15, 0.2) is 60.8 Å². The van der Waals surface area contributed by atoms with E-state index in [9.17, 15) is 0 Å². The third-order valence-corrected chi connectivity index (χ3v) is 4.26. The topological polar surface area (TPSA) is 16.1 Å². The normalized spacial score (nSPS) is 10.7. The van der Waals surface area contributed by atoms with Crippen LogP contribution in [-0.2, 0) is 0 Å². The third-order valence-electron chi connectivity index (χ3n) is 3.09. The van der Waals surface area contributed by atoms with Gasteiger partial charge in [0.25, 0.3) is 0 Å². The van der Waals surface area contributed by atoms with Crippen LogP contribution in [0.5, 0.6) is 0 Å². The molecule has 0 aliphatic heterocycles. The molecule has 3 aromatic rings. The molecule has 0 unspecified atom stereocenters. The number of aromatic nitrogens is 1. The highest BCUT2D eigenvalue weighted by atomic mass is 35.5. The number of thiophene rings is 1. The smallest absolute Gasteiger partial charge is 0.0602 e. The van der Waals surface area contributed by atoms with Gasteiger partial charge in [-0.05, 0) is 30.3 Å². The Morgan fingerprint density at radius 2 is 2.05 bits per heavy atom. The molecule has 0 fully saturated rings. The zero-order valence-corrected chi connectivity index (χ0v) is 12.4. The second-order valence-electron chi connectivity index (χ2n) is 4.37. The van der Waals surface area contributed by atoms with Crippen molar-refractivity contribution in [2.24, 2.45) is 0 Å². The summed E-state index contributed by atoms with van der Waals surface area (Å²) < 4.78 is 1.19. The average Bonchev–Trinajstić information content (AvgIpc) is 2.88. The maximum Gasteiger partial charge on any atom is 0.0602 e. The lowest BCUT2D eigenvalue weighted by Crippen LogP contribution is -2.16. The SMILES string of the molecule is C=CCN(c1ccncc1)c1csc2cc(Cl)ccc12. The minimum atomic E-state index is 0.748. The molecule has 20 heavy (non-hydrogen) atoms. The van der Waals surface area contributed by atoms with Gasteiger partial charge in [-0.15, -0.1) is 17.9 Å². The summed E-state index contributed by atoms with van der Waals surface area (Å²) in [6, 6.07) is 10.0. The van der Waals surface area contributed by atoms with Gasteiger partial charge in [-0.1, -0.05) is 17.7 Å². The number of rotatable bonds is 4. The van der Waals surface area contributed by atoms with E-state index in [4.69, 9.17) is 11.6 Å². The number of anilines is 2. The van der Waals surface area contributed by atoms with Gasteiger partial charge in [-0.25, -0.2) is 0 Å². The van der Waals surface area contributed by atoms with Crippen molar-refractivity contribution in [1.82, 2.24) is 4.98 Å². The monoisotopic (exact) mass is 300 g/mol. The standard InChI is InChI=1S/C16H13ClN2S/c1-2-9-19(13-5-7-18-8-6-13)15-11-20-16-10-12(17)3-4-14(15)16/h2-8,10-11H,1,9H2. The minimum Gasteiger partial charge on any atom is -0.336 e. The molecule has 0 atom stereocenters. The molecule has 0 saturated carbocycles. The molecule has 0 N–H and O–H groups in total. The molecule has 0 spiro atoms. The number of hydrogen-bond acceptors (Lipinski definition) is 3. The van der Waals surface area contributed by atoms with Gasteiger partial charge in [0.1, 0.15) is 0 Å². The molecule has 0 radical (unpaired) electrons. The second kappa shape index (κ2) is 5.65. The molecule has 2 aromatic heterocycles. The zero-order valence-electron chi connectivity index (χ0n) is 10.8. The lowest BCUT2D eigenvalue weighted by atomic mass is 10.2. The molecule has 2 nitrogen and oxygen atoms in total. The van der Waals surface area contributed by atoms with Crippen molar-refractivity contribution in [1.29, 1.82) is 0 Å². The van der Waals surface area contributed by atoms with Crippen molar-refractivity contribution in [2.75, 3.05) is 11.4 Å². The highest BCUT2D eigenvalue weighted by Crippen LogP contribution is 2.37. The van der Waals surface area contributed by atoms with Crippen molar-refractivity contribution in [2.45, 2.75) is 0 Å². The van der Waals surface area contributed by atoms with E-state index in [1.165, 1.54) is 15.8 Å². The highest BCUT2D eigenvalue weighted by Gasteiger charge is 2.13. The van der Waals surface area contributed by atoms with E-state index in [2.05, 4.69) is 27.9 Å². The van der Waals surface area contributed by atoms with Gasteiger partial charge in [0, 0.05) is 45.1 Å². The molecular formula is C16H13ClN2S. The number of halogens is 1. The Balaban J connectivity index is 2.12. The van der Waals surface area contributed by atoms with Crippen LogP contribution in [0.1, 0.15) is 0 Å². The number of nitrogens with zero attached hydrogens (tertiary/aromatic N) is 2. The van der Waals surface area contributed by atoms with E-state index < -0.39 is 0 Å². The van der Waals surface area contributed by atoms with Gasteiger partial charge in [0.05, 0.1) is 5.69 Å². The lowest BCUT2D eigenvalue weighted by molar-refractivity contribution is 1.10. The van der Waals surface area contributed by atoms with Crippen LogP contribution in [0.25, 0.3) is 10.1 Å². The molecule has 1 aromatic carbocycles. The first-order chi connectivity index (χ1) is 9.79.